The van der Waals surface area contributed by atoms with Crippen molar-refractivity contribution in [1.82, 2.24) is 0 Å². The van der Waals surface area contributed by atoms with Crippen molar-refractivity contribution in [2.24, 2.45) is 0 Å². The fourth-order valence-electron chi connectivity index (χ4n) is 2.89. The molecular formula is C18H37NO4. The maximum atomic E-state index is 10.6. The molecule has 2 atom stereocenters. The quantitative estimate of drug-likeness (QED) is 0.234. The van der Waals surface area contributed by atoms with E-state index in [2.05, 4.69) is 6.92 Å². The van der Waals surface area contributed by atoms with E-state index >= 15 is 0 Å². The van der Waals surface area contributed by atoms with E-state index in [9.17, 15) is 15.2 Å². The summed E-state index contributed by atoms with van der Waals surface area (Å²) in [6.45, 7) is 1.65. The Morgan fingerprint density at radius 2 is 1.22 bits per heavy atom. The standard InChI is InChI=1S/C18H37NO4/c1-2-3-4-5-6-7-8-9-10-11-12-13-14-15-18(21)17(16-20)19(22)23/h17-18,20-21H,2-16H2,1H3. The molecule has 2 unspecified atom stereocenters. The van der Waals surface area contributed by atoms with Gasteiger partial charge in [0.15, 0.2) is 0 Å². The van der Waals surface area contributed by atoms with Crippen molar-refractivity contribution < 1.29 is 15.1 Å². The highest BCUT2D eigenvalue weighted by atomic mass is 16.6. The Morgan fingerprint density at radius 3 is 1.57 bits per heavy atom. The second-order valence-electron chi connectivity index (χ2n) is 6.63. The molecule has 0 aliphatic heterocycles. The van der Waals surface area contributed by atoms with E-state index in [1.807, 2.05) is 0 Å². The zero-order valence-corrected chi connectivity index (χ0v) is 14.9. The lowest BCUT2D eigenvalue weighted by Gasteiger charge is -2.13. The van der Waals surface area contributed by atoms with Crippen LogP contribution in [0.25, 0.3) is 0 Å². The number of hydrogen-bond donors (Lipinski definition) is 2. The molecule has 0 aromatic heterocycles. The molecule has 0 bridgehead atoms. The van der Waals surface area contributed by atoms with Crippen molar-refractivity contribution in [3.05, 3.63) is 10.1 Å². The van der Waals surface area contributed by atoms with Gasteiger partial charge in [0, 0.05) is 4.92 Å². The van der Waals surface area contributed by atoms with E-state index in [-0.39, 0.29) is 0 Å². The molecule has 5 heteroatoms. The summed E-state index contributed by atoms with van der Waals surface area (Å²) in [6.07, 6.45) is 15.6. The highest BCUT2D eigenvalue weighted by Gasteiger charge is 2.28. The first kappa shape index (κ1) is 22.3. The van der Waals surface area contributed by atoms with Gasteiger partial charge in [0.05, 0.1) is 0 Å². The third kappa shape index (κ3) is 13.5. The summed E-state index contributed by atoms with van der Waals surface area (Å²) >= 11 is 0. The Hall–Kier alpha value is -0.680. The van der Waals surface area contributed by atoms with E-state index in [0.717, 1.165) is 19.3 Å². The van der Waals surface area contributed by atoms with Gasteiger partial charge < -0.3 is 10.2 Å². The van der Waals surface area contributed by atoms with Crippen LogP contribution in [0.4, 0.5) is 0 Å². The van der Waals surface area contributed by atoms with Crippen molar-refractivity contribution >= 4 is 0 Å². The lowest BCUT2D eigenvalue weighted by Crippen LogP contribution is -2.36. The van der Waals surface area contributed by atoms with Gasteiger partial charge >= 0.3 is 0 Å². The van der Waals surface area contributed by atoms with Crippen molar-refractivity contribution in [2.75, 3.05) is 6.61 Å². The molecule has 0 rings (SSSR count). The van der Waals surface area contributed by atoms with Gasteiger partial charge in [0.2, 0.25) is 0 Å². The van der Waals surface area contributed by atoms with Crippen LogP contribution in [-0.2, 0) is 0 Å². The first-order chi connectivity index (χ1) is 11.1. The average Bonchev–Trinajstić information content (AvgIpc) is 2.52. The molecule has 0 fully saturated rings. The second-order valence-corrected chi connectivity index (χ2v) is 6.63. The molecule has 0 aromatic carbocycles. The summed E-state index contributed by atoms with van der Waals surface area (Å²) in [6, 6.07) is -1.23. The minimum absolute atomic E-state index is 0.407. The summed E-state index contributed by atoms with van der Waals surface area (Å²) in [7, 11) is 0. The number of unbranched alkanes of at least 4 members (excludes halogenated alkanes) is 12. The summed E-state index contributed by atoms with van der Waals surface area (Å²) in [5.74, 6) is 0. The number of nitro groups is 1. The van der Waals surface area contributed by atoms with Gasteiger partial charge in [0.1, 0.15) is 12.7 Å². The molecule has 23 heavy (non-hydrogen) atoms. The van der Waals surface area contributed by atoms with E-state index in [0.29, 0.717) is 6.42 Å². The van der Waals surface area contributed by atoms with Crippen LogP contribution in [-0.4, -0.2) is 33.9 Å². The molecule has 0 saturated heterocycles. The third-order valence-corrected chi connectivity index (χ3v) is 4.51. The third-order valence-electron chi connectivity index (χ3n) is 4.51. The van der Waals surface area contributed by atoms with E-state index < -0.39 is 23.7 Å². The molecule has 0 aliphatic rings. The van der Waals surface area contributed by atoms with Crippen LogP contribution in [0.5, 0.6) is 0 Å². The van der Waals surface area contributed by atoms with Crippen LogP contribution in [0, 0.1) is 10.1 Å². The monoisotopic (exact) mass is 331 g/mol. The zero-order chi connectivity index (χ0) is 17.3. The molecule has 2 N–H and O–H groups in total. The lowest BCUT2D eigenvalue weighted by atomic mass is 10.0. The molecular weight excluding hydrogens is 294 g/mol. The molecule has 0 aromatic rings. The summed E-state index contributed by atoms with van der Waals surface area (Å²) < 4.78 is 0. The average molecular weight is 331 g/mol. The minimum Gasteiger partial charge on any atom is -0.389 e. The van der Waals surface area contributed by atoms with Gasteiger partial charge in [0.25, 0.3) is 6.04 Å². The fraction of sp³-hybridized carbons (Fsp3) is 1.00. The first-order valence-electron chi connectivity index (χ1n) is 9.55. The molecule has 0 saturated carbocycles. The van der Waals surface area contributed by atoms with Crippen LogP contribution in [0.15, 0.2) is 0 Å². The zero-order valence-electron chi connectivity index (χ0n) is 14.9. The minimum atomic E-state index is -1.23. The highest BCUT2D eigenvalue weighted by molar-refractivity contribution is 4.67. The highest BCUT2D eigenvalue weighted by Crippen LogP contribution is 2.14. The Kier molecular flexibility index (Phi) is 15.7. The van der Waals surface area contributed by atoms with E-state index in [4.69, 9.17) is 5.11 Å². The molecule has 0 radical (unpaired) electrons. The maximum absolute atomic E-state index is 10.6. The Labute approximate surface area is 141 Å². The maximum Gasteiger partial charge on any atom is 0.261 e. The Balaban J connectivity index is 3.29. The number of aliphatic hydroxyl groups excluding tert-OH is 2. The van der Waals surface area contributed by atoms with E-state index in [1.165, 1.54) is 64.2 Å². The van der Waals surface area contributed by atoms with Crippen LogP contribution < -0.4 is 0 Å². The lowest BCUT2D eigenvalue weighted by molar-refractivity contribution is -0.537. The first-order valence-corrected chi connectivity index (χ1v) is 9.55. The molecule has 0 spiro atoms. The predicted octanol–water partition coefficient (Wildman–Crippen LogP) is 4.47. The topological polar surface area (TPSA) is 83.6 Å². The van der Waals surface area contributed by atoms with Gasteiger partial charge in [-0.2, -0.15) is 0 Å². The normalized spacial score (nSPS) is 13.9. The van der Waals surface area contributed by atoms with Gasteiger partial charge in [-0.15, -0.1) is 0 Å². The van der Waals surface area contributed by atoms with E-state index in [1.54, 1.807) is 0 Å². The van der Waals surface area contributed by atoms with Crippen molar-refractivity contribution in [1.29, 1.82) is 0 Å². The van der Waals surface area contributed by atoms with Crippen LogP contribution in [0.2, 0.25) is 0 Å². The molecule has 0 aliphatic carbocycles. The van der Waals surface area contributed by atoms with Crippen molar-refractivity contribution in [3.8, 4) is 0 Å². The van der Waals surface area contributed by atoms with Gasteiger partial charge in [-0.3, -0.25) is 10.1 Å². The number of hydrogen-bond acceptors (Lipinski definition) is 4. The Morgan fingerprint density at radius 1 is 0.826 bits per heavy atom. The molecule has 5 nitrogen and oxygen atoms in total. The second kappa shape index (κ2) is 16.2. The summed E-state index contributed by atoms with van der Waals surface area (Å²) in [5, 5.41) is 29.1. The van der Waals surface area contributed by atoms with Crippen molar-refractivity contribution in [3.63, 3.8) is 0 Å². The fourth-order valence-corrected chi connectivity index (χ4v) is 2.89. The van der Waals surface area contributed by atoms with Gasteiger partial charge in [-0.05, 0) is 6.42 Å². The predicted molar refractivity (Wildman–Crippen MR) is 94.2 cm³/mol. The molecule has 138 valence electrons. The van der Waals surface area contributed by atoms with Gasteiger partial charge in [-0.25, -0.2) is 0 Å². The Bertz CT molecular complexity index is 274. The van der Waals surface area contributed by atoms with Gasteiger partial charge in [-0.1, -0.05) is 90.4 Å². The smallest absolute Gasteiger partial charge is 0.261 e. The van der Waals surface area contributed by atoms with Crippen LogP contribution in [0.1, 0.15) is 96.8 Å². The largest absolute Gasteiger partial charge is 0.389 e. The number of nitrogens with zero attached hydrogens (tertiary/aromatic N) is 1. The number of aliphatic hydroxyl groups is 2. The molecule has 0 amide bonds. The molecule has 0 heterocycles. The van der Waals surface area contributed by atoms with Crippen LogP contribution >= 0.6 is 0 Å². The summed E-state index contributed by atoms with van der Waals surface area (Å²) in [4.78, 5) is 10.0. The summed E-state index contributed by atoms with van der Waals surface area (Å²) in [5.41, 5.74) is 0. The number of rotatable bonds is 17. The van der Waals surface area contributed by atoms with Crippen LogP contribution in [0.3, 0.4) is 0 Å². The SMILES string of the molecule is CCCCCCCCCCCCCCCC(O)C(CO)[N+](=O)[O-]. The van der Waals surface area contributed by atoms with Crippen molar-refractivity contribution in [2.45, 2.75) is 109 Å².